The fraction of sp³-hybridized carbons (Fsp3) is 0.714. The van der Waals surface area contributed by atoms with Crippen LogP contribution in [0.15, 0.2) is 12.2 Å². The van der Waals surface area contributed by atoms with Crippen molar-refractivity contribution < 1.29 is 14.7 Å². The van der Waals surface area contributed by atoms with Crippen LogP contribution in [-0.2, 0) is 9.59 Å². The third-order valence-electron chi connectivity index (χ3n) is 4.75. The summed E-state index contributed by atoms with van der Waals surface area (Å²) in [4.78, 5) is 23.6. The Bertz CT molecular complexity index is 398. The Labute approximate surface area is 106 Å². The van der Waals surface area contributed by atoms with Crippen molar-refractivity contribution in [3.05, 3.63) is 12.2 Å². The number of allylic oxidation sites excluding steroid dienone is 2. The van der Waals surface area contributed by atoms with E-state index in [4.69, 9.17) is 0 Å². The number of amides is 1. The zero-order chi connectivity index (χ0) is 12.7. The summed E-state index contributed by atoms with van der Waals surface area (Å²) >= 11 is 0. The molecule has 2 bridgehead atoms. The highest BCUT2D eigenvalue weighted by atomic mass is 16.4. The monoisotopic (exact) mass is 249 g/mol. The molecule has 2 fully saturated rings. The van der Waals surface area contributed by atoms with Crippen LogP contribution in [0, 0.1) is 23.7 Å². The Hall–Kier alpha value is -1.32. The van der Waals surface area contributed by atoms with Gasteiger partial charge in [-0.1, -0.05) is 25.0 Å². The maximum Gasteiger partial charge on any atom is 0.307 e. The molecule has 0 aromatic carbocycles. The molecule has 0 aromatic heterocycles. The van der Waals surface area contributed by atoms with E-state index in [0.717, 1.165) is 19.3 Å². The Morgan fingerprint density at radius 3 is 2.28 bits per heavy atom. The van der Waals surface area contributed by atoms with Crippen molar-refractivity contribution in [2.24, 2.45) is 23.7 Å². The minimum Gasteiger partial charge on any atom is -0.481 e. The fourth-order valence-corrected chi connectivity index (χ4v) is 3.88. The van der Waals surface area contributed by atoms with Crippen molar-refractivity contribution in [3.8, 4) is 0 Å². The number of carbonyl (C=O) groups is 2. The molecule has 1 amide bonds. The summed E-state index contributed by atoms with van der Waals surface area (Å²) in [6, 6.07) is 0.273. The molecular formula is C14H19NO3. The van der Waals surface area contributed by atoms with Crippen LogP contribution in [0.1, 0.15) is 32.1 Å². The number of hydrogen-bond donors (Lipinski definition) is 2. The molecule has 2 N–H and O–H groups in total. The van der Waals surface area contributed by atoms with Gasteiger partial charge in [-0.05, 0) is 31.1 Å². The van der Waals surface area contributed by atoms with Gasteiger partial charge in [0.25, 0.3) is 0 Å². The van der Waals surface area contributed by atoms with Crippen LogP contribution in [0.4, 0.5) is 0 Å². The maximum atomic E-state index is 12.3. The van der Waals surface area contributed by atoms with Crippen molar-refractivity contribution in [1.82, 2.24) is 5.32 Å². The zero-order valence-corrected chi connectivity index (χ0v) is 10.3. The summed E-state index contributed by atoms with van der Waals surface area (Å²) in [5.74, 6) is -1.52. The number of carbonyl (C=O) groups excluding carboxylic acids is 1. The number of carboxylic acid groups (broad SMARTS) is 1. The van der Waals surface area contributed by atoms with Crippen molar-refractivity contribution >= 4 is 11.9 Å². The first kappa shape index (κ1) is 11.8. The van der Waals surface area contributed by atoms with Crippen molar-refractivity contribution in [2.75, 3.05) is 0 Å². The zero-order valence-electron chi connectivity index (χ0n) is 10.3. The quantitative estimate of drug-likeness (QED) is 0.746. The van der Waals surface area contributed by atoms with Crippen molar-refractivity contribution in [2.45, 2.75) is 38.1 Å². The molecule has 0 aromatic rings. The molecule has 4 atom stereocenters. The Morgan fingerprint density at radius 1 is 1.06 bits per heavy atom. The molecule has 4 heteroatoms. The van der Waals surface area contributed by atoms with E-state index in [1.54, 1.807) is 0 Å². The van der Waals surface area contributed by atoms with Crippen LogP contribution in [0.25, 0.3) is 0 Å². The highest BCUT2D eigenvalue weighted by Gasteiger charge is 2.51. The second-order valence-electron chi connectivity index (χ2n) is 5.83. The second-order valence-corrected chi connectivity index (χ2v) is 5.83. The minimum atomic E-state index is -0.821. The number of carboxylic acids is 1. The molecule has 0 spiro atoms. The van der Waals surface area contributed by atoms with Gasteiger partial charge in [0.1, 0.15) is 0 Å². The minimum absolute atomic E-state index is 0.0360. The van der Waals surface area contributed by atoms with Crippen LogP contribution in [0.2, 0.25) is 0 Å². The molecule has 3 aliphatic rings. The molecular weight excluding hydrogens is 230 g/mol. The van der Waals surface area contributed by atoms with Crippen LogP contribution in [0.5, 0.6) is 0 Å². The predicted molar refractivity (Wildman–Crippen MR) is 65.8 cm³/mol. The van der Waals surface area contributed by atoms with Crippen LogP contribution < -0.4 is 5.32 Å². The van der Waals surface area contributed by atoms with Gasteiger partial charge in [0.15, 0.2) is 0 Å². The Balaban J connectivity index is 1.71. The van der Waals surface area contributed by atoms with Crippen molar-refractivity contribution in [3.63, 3.8) is 0 Å². The number of rotatable bonds is 3. The maximum absolute atomic E-state index is 12.3. The van der Waals surface area contributed by atoms with Gasteiger partial charge in [0.05, 0.1) is 11.8 Å². The van der Waals surface area contributed by atoms with E-state index in [2.05, 4.69) is 5.32 Å². The lowest BCUT2D eigenvalue weighted by molar-refractivity contribution is -0.148. The Morgan fingerprint density at radius 2 is 1.67 bits per heavy atom. The molecule has 18 heavy (non-hydrogen) atoms. The van der Waals surface area contributed by atoms with Crippen molar-refractivity contribution in [1.29, 1.82) is 0 Å². The average molecular weight is 249 g/mol. The van der Waals surface area contributed by atoms with Gasteiger partial charge in [-0.15, -0.1) is 0 Å². The number of aliphatic carboxylic acids is 1. The second kappa shape index (κ2) is 4.41. The van der Waals surface area contributed by atoms with E-state index >= 15 is 0 Å². The molecule has 2 saturated carbocycles. The summed E-state index contributed by atoms with van der Waals surface area (Å²) < 4.78 is 0. The molecule has 3 rings (SSSR count). The van der Waals surface area contributed by atoms with Gasteiger partial charge in [-0.3, -0.25) is 9.59 Å². The lowest BCUT2D eigenvalue weighted by Gasteiger charge is -2.25. The first-order chi connectivity index (χ1) is 8.66. The fourth-order valence-electron chi connectivity index (χ4n) is 3.88. The van der Waals surface area contributed by atoms with E-state index in [1.807, 2.05) is 12.2 Å². The third kappa shape index (κ3) is 1.84. The van der Waals surface area contributed by atoms with E-state index in [-0.39, 0.29) is 29.7 Å². The van der Waals surface area contributed by atoms with Gasteiger partial charge in [0.2, 0.25) is 5.91 Å². The highest BCUT2D eigenvalue weighted by molar-refractivity contribution is 5.87. The topological polar surface area (TPSA) is 66.4 Å². The number of fused-ring (bicyclic) bond motifs is 2. The van der Waals surface area contributed by atoms with E-state index in [1.165, 1.54) is 12.8 Å². The number of nitrogens with one attached hydrogen (secondary N) is 1. The standard InChI is InChI=1S/C14H19NO3/c16-13(15-10-3-1-2-4-10)11-8-5-6-9(7-8)12(11)14(17)18/h5-6,8-12H,1-4,7H2,(H,15,16)(H,17,18)/t8-,9-,11-,12+/m0/s1. The predicted octanol–water partition coefficient (Wildman–Crippen LogP) is 1.57. The van der Waals surface area contributed by atoms with E-state index in [0.29, 0.717) is 0 Å². The normalized spacial score (nSPS) is 38.2. The van der Waals surface area contributed by atoms with Crippen LogP contribution in [-0.4, -0.2) is 23.0 Å². The summed E-state index contributed by atoms with van der Waals surface area (Å²) in [5, 5.41) is 12.4. The molecule has 3 aliphatic carbocycles. The molecule has 4 nitrogen and oxygen atoms in total. The lowest BCUT2D eigenvalue weighted by Crippen LogP contribution is -2.43. The largest absolute Gasteiger partial charge is 0.481 e. The van der Waals surface area contributed by atoms with Gasteiger partial charge < -0.3 is 10.4 Å². The molecule has 98 valence electrons. The average Bonchev–Trinajstić information content (AvgIpc) is 3.03. The highest BCUT2D eigenvalue weighted by Crippen LogP contribution is 2.48. The lowest BCUT2D eigenvalue weighted by atomic mass is 9.82. The Kier molecular flexibility index (Phi) is 2.88. The van der Waals surface area contributed by atoms with Gasteiger partial charge >= 0.3 is 5.97 Å². The molecule has 0 heterocycles. The van der Waals surface area contributed by atoms with Gasteiger partial charge in [-0.2, -0.15) is 0 Å². The SMILES string of the molecule is O=C(NC1CCCC1)[C@@H]1[C@H](C(=O)O)[C@H]2C=C[C@H]1C2. The molecule has 0 aliphatic heterocycles. The summed E-state index contributed by atoms with van der Waals surface area (Å²) in [6.45, 7) is 0. The summed E-state index contributed by atoms with van der Waals surface area (Å²) in [6.07, 6.45) is 9.26. The first-order valence-corrected chi connectivity index (χ1v) is 6.88. The smallest absolute Gasteiger partial charge is 0.307 e. The number of hydrogen-bond acceptors (Lipinski definition) is 2. The summed E-state index contributed by atoms with van der Waals surface area (Å²) in [5.41, 5.74) is 0. The van der Waals surface area contributed by atoms with E-state index < -0.39 is 11.9 Å². The molecule has 0 unspecified atom stereocenters. The van der Waals surface area contributed by atoms with E-state index in [9.17, 15) is 14.7 Å². The van der Waals surface area contributed by atoms with Crippen LogP contribution in [0.3, 0.4) is 0 Å². The molecule has 0 saturated heterocycles. The summed E-state index contributed by atoms with van der Waals surface area (Å²) in [7, 11) is 0. The van der Waals surface area contributed by atoms with Gasteiger partial charge in [-0.25, -0.2) is 0 Å². The third-order valence-corrected chi connectivity index (χ3v) is 4.75. The van der Waals surface area contributed by atoms with Crippen LogP contribution >= 0.6 is 0 Å². The van der Waals surface area contributed by atoms with Gasteiger partial charge in [0, 0.05) is 6.04 Å². The first-order valence-electron chi connectivity index (χ1n) is 6.88. The molecule has 0 radical (unpaired) electrons.